The van der Waals surface area contributed by atoms with Gasteiger partial charge < -0.3 is 9.47 Å². The molecule has 53 heavy (non-hydrogen) atoms. The maximum Gasteiger partial charge on any atom is 0.338 e. The van der Waals surface area contributed by atoms with Crippen molar-refractivity contribution in [3.05, 3.63) is 81.5 Å². The second-order valence-corrected chi connectivity index (χ2v) is 17.9. The minimum absolute atomic E-state index is 0.0118. The molecule has 0 aliphatic rings. The van der Waals surface area contributed by atoms with Crippen LogP contribution in [-0.2, 0) is 22.3 Å². The number of hydrogen-bond donors (Lipinski definition) is 0. The van der Waals surface area contributed by atoms with E-state index in [2.05, 4.69) is 74.9 Å². The number of ether oxygens (including phenoxy) is 2. The lowest BCUT2D eigenvalue weighted by Crippen LogP contribution is -2.13. The van der Waals surface area contributed by atoms with Crippen LogP contribution in [0, 0.1) is 11.8 Å². The lowest BCUT2D eigenvalue weighted by Gasteiger charge is -2.15. The molecule has 0 fully saturated rings. The van der Waals surface area contributed by atoms with Gasteiger partial charge in [-0.1, -0.05) is 85.1 Å². The standard InChI is InChI=1S/C45H56O4S4/c1-7-13-16-30(9-3)22-32-24-42(51-29-32)36-26-34(38(46)28-48-11-5)35(27-37(36)45(47)49-12-6)43-25-33(23-31(10-4)17-14-8-2)44(53-43)41-20-19-40(52-41)39-18-15-21-50-39/h15,18-21,24-27,29-31H,7-14,16-17,22-23,28H2,1-6H3. The number of thiophene rings is 4. The van der Waals surface area contributed by atoms with E-state index in [-0.39, 0.29) is 25.0 Å². The van der Waals surface area contributed by atoms with E-state index >= 15 is 0 Å². The van der Waals surface area contributed by atoms with Crippen LogP contribution in [0.25, 0.3) is 40.4 Å². The third-order valence-corrected chi connectivity index (χ3v) is 14.7. The topological polar surface area (TPSA) is 52.6 Å². The maximum atomic E-state index is 14.1. The van der Waals surface area contributed by atoms with E-state index in [1.165, 1.54) is 69.2 Å². The number of carbonyl (C=O) groups is 2. The Bertz CT molecular complexity index is 1890. The Morgan fingerprint density at radius 3 is 2.04 bits per heavy atom. The van der Waals surface area contributed by atoms with Crippen LogP contribution in [0.4, 0.5) is 0 Å². The van der Waals surface area contributed by atoms with Gasteiger partial charge in [0, 0.05) is 52.6 Å². The van der Waals surface area contributed by atoms with Gasteiger partial charge in [0.2, 0.25) is 0 Å². The predicted molar refractivity (Wildman–Crippen MR) is 230 cm³/mol. The van der Waals surface area contributed by atoms with Crippen LogP contribution >= 0.6 is 45.3 Å². The average Bonchev–Trinajstić information content (AvgIpc) is 4.01. The van der Waals surface area contributed by atoms with Gasteiger partial charge in [0.15, 0.2) is 5.78 Å². The molecule has 1 aromatic carbocycles. The summed E-state index contributed by atoms with van der Waals surface area (Å²) in [4.78, 5) is 34.9. The van der Waals surface area contributed by atoms with Crippen molar-refractivity contribution in [2.75, 3.05) is 19.8 Å². The van der Waals surface area contributed by atoms with Crippen molar-refractivity contribution in [1.82, 2.24) is 0 Å². The molecule has 4 heterocycles. The van der Waals surface area contributed by atoms with E-state index in [0.29, 0.717) is 29.6 Å². The highest BCUT2D eigenvalue weighted by Gasteiger charge is 2.26. The van der Waals surface area contributed by atoms with Gasteiger partial charge in [-0.3, -0.25) is 4.79 Å². The van der Waals surface area contributed by atoms with Crippen molar-refractivity contribution in [3.8, 4) is 40.4 Å². The van der Waals surface area contributed by atoms with Crippen molar-refractivity contribution in [3.63, 3.8) is 0 Å². The van der Waals surface area contributed by atoms with Crippen LogP contribution in [-0.4, -0.2) is 31.6 Å². The summed E-state index contributed by atoms with van der Waals surface area (Å²) in [7, 11) is 0. The Balaban J connectivity index is 1.65. The van der Waals surface area contributed by atoms with Crippen LogP contribution in [0.5, 0.6) is 0 Å². The fourth-order valence-electron chi connectivity index (χ4n) is 6.98. The lowest BCUT2D eigenvalue weighted by molar-refractivity contribution is 0.0527. The van der Waals surface area contributed by atoms with E-state index in [4.69, 9.17) is 9.47 Å². The van der Waals surface area contributed by atoms with Crippen molar-refractivity contribution < 1.29 is 19.1 Å². The first-order valence-electron chi connectivity index (χ1n) is 19.6. The first kappa shape index (κ1) is 41.3. The molecule has 0 spiro atoms. The zero-order valence-corrected chi connectivity index (χ0v) is 35.7. The quantitative estimate of drug-likeness (QED) is 0.0518. The molecule has 4 aromatic heterocycles. The summed E-state index contributed by atoms with van der Waals surface area (Å²) >= 11 is 6.97. The summed E-state index contributed by atoms with van der Waals surface area (Å²) in [5.74, 6) is 0.766. The van der Waals surface area contributed by atoms with Gasteiger partial charge in [0.1, 0.15) is 6.61 Å². The van der Waals surface area contributed by atoms with Crippen LogP contribution in [0.2, 0.25) is 0 Å². The first-order chi connectivity index (χ1) is 25.8. The maximum absolute atomic E-state index is 14.1. The SMILES string of the molecule is CCCCC(CC)Cc1csc(-c2cc(C(=O)COCC)c(-c3cc(CC(CC)CCCC)c(-c4ccc(-c5cccs5)s4)s3)cc2C(=O)OCC)c1. The molecule has 0 saturated carbocycles. The Kier molecular flexibility index (Phi) is 16.1. The molecule has 0 aliphatic heterocycles. The Morgan fingerprint density at radius 2 is 1.38 bits per heavy atom. The molecular weight excluding hydrogens is 733 g/mol. The van der Waals surface area contributed by atoms with Crippen LogP contribution in [0.3, 0.4) is 0 Å². The Labute approximate surface area is 333 Å². The summed E-state index contributed by atoms with van der Waals surface area (Å²) in [5, 5.41) is 4.35. The lowest BCUT2D eigenvalue weighted by atomic mass is 9.90. The van der Waals surface area contributed by atoms with Crippen LogP contribution in [0.15, 0.2) is 59.3 Å². The van der Waals surface area contributed by atoms with Crippen molar-refractivity contribution in [2.24, 2.45) is 11.8 Å². The van der Waals surface area contributed by atoms with E-state index in [9.17, 15) is 9.59 Å². The van der Waals surface area contributed by atoms with E-state index < -0.39 is 0 Å². The molecule has 8 heteroatoms. The van der Waals surface area contributed by atoms with Crippen molar-refractivity contribution in [2.45, 2.75) is 106 Å². The minimum Gasteiger partial charge on any atom is -0.462 e. The summed E-state index contributed by atoms with van der Waals surface area (Å²) in [6, 6.07) is 17.2. The third kappa shape index (κ3) is 10.7. The van der Waals surface area contributed by atoms with Crippen molar-refractivity contribution in [1.29, 1.82) is 0 Å². The van der Waals surface area contributed by atoms with E-state index in [1.54, 1.807) is 34.0 Å². The fraction of sp³-hybridized carbons (Fsp3) is 0.467. The van der Waals surface area contributed by atoms with Gasteiger partial charge in [-0.25, -0.2) is 4.79 Å². The number of ketones is 1. The molecule has 284 valence electrons. The average molecular weight is 789 g/mol. The van der Waals surface area contributed by atoms with Crippen molar-refractivity contribution >= 4 is 57.1 Å². The van der Waals surface area contributed by atoms with Gasteiger partial charge in [-0.05, 0) is 103 Å². The zero-order chi connectivity index (χ0) is 37.7. The van der Waals surface area contributed by atoms with Gasteiger partial charge in [0.05, 0.1) is 12.2 Å². The zero-order valence-electron chi connectivity index (χ0n) is 32.4. The third-order valence-electron chi connectivity index (χ3n) is 10.1. The number of hydrogen-bond acceptors (Lipinski definition) is 8. The number of esters is 1. The highest BCUT2D eigenvalue weighted by molar-refractivity contribution is 7.27. The second kappa shape index (κ2) is 20.7. The van der Waals surface area contributed by atoms with Crippen LogP contribution < -0.4 is 0 Å². The minimum atomic E-state index is -0.363. The summed E-state index contributed by atoms with van der Waals surface area (Å²) in [5.41, 5.74) is 5.23. The van der Waals surface area contributed by atoms with Gasteiger partial charge >= 0.3 is 5.97 Å². The first-order valence-corrected chi connectivity index (χ1v) is 23.0. The second-order valence-electron chi connectivity index (χ2n) is 13.9. The van der Waals surface area contributed by atoms with E-state index in [1.807, 2.05) is 37.3 Å². The number of unbranched alkanes of at least 4 members (excludes halogenated alkanes) is 2. The van der Waals surface area contributed by atoms with Gasteiger partial charge in [-0.2, -0.15) is 0 Å². The van der Waals surface area contributed by atoms with Gasteiger partial charge in [0.25, 0.3) is 0 Å². The molecule has 0 bridgehead atoms. The van der Waals surface area contributed by atoms with E-state index in [0.717, 1.165) is 46.6 Å². The molecule has 0 amide bonds. The fourth-order valence-corrected chi connectivity index (χ4v) is 11.1. The molecule has 5 rings (SSSR count). The monoisotopic (exact) mass is 788 g/mol. The molecular formula is C45H56O4S4. The Morgan fingerprint density at radius 1 is 0.679 bits per heavy atom. The normalized spacial score (nSPS) is 12.6. The summed E-state index contributed by atoms with van der Waals surface area (Å²) < 4.78 is 11.4. The molecule has 0 radical (unpaired) electrons. The molecule has 0 saturated heterocycles. The largest absolute Gasteiger partial charge is 0.462 e. The van der Waals surface area contributed by atoms with Crippen LogP contribution in [0.1, 0.15) is 125 Å². The highest BCUT2D eigenvalue weighted by Crippen LogP contribution is 2.47. The molecule has 2 atom stereocenters. The smallest absolute Gasteiger partial charge is 0.338 e. The number of Topliss-reactive ketones (excluding diaryl/α,β-unsaturated/α-hetero) is 1. The molecule has 4 nitrogen and oxygen atoms in total. The van der Waals surface area contributed by atoms with Gasteiger partial charge in [-0.15, -0.1) is 45.3 Å². The molecule has 0 aliphatic carbocycles. The summed E-state index contributed by atoms with van der Waals surface area (Å²) in [6.45, 7) is 13.5. The number of benzene rings is 1. The molecule has 2 unspecified atom stereocenters. The molecule has 5 aromatic rings. The predicted octanol–water partition coefficient (Wildman–Crippen LogP) is 14.5. The Hall–Kier alpha value is -2.88. The highest BCUT2D eigenvalue weighted by atomic mass is 32.1. The number of rotatable bonds is 22. The summed E-state index contributed by atoms with van der Waals surface area (Å²) in [6.07, 6.45) is 11.5. The number of carbonyl (C=O) groups excluding carboxylic acids is 2. The molecule has 0 N–H and O–H groups in total.